The third-order valence-electron chi connectivity index (χ3n) is 5.23. The van der Waals surface area contributed by atoms with Gasteiger partial charge in [0.2, 0.25) is 15.9 Å². The van der Waals surface area contributed by atoms with E-state index >= 15 is 0 Å². The molecule has 1 unspecified atom stereocenters. The first-order chi connectivity index (χ1) is 14.9. The van der Waals surface area contributed by atoms with Gasteiger partial charge >= 0.3 is 0 Å². The number of sulfonamides is 1. The third kappa shape index (κ3) is 5.17. The number of aromatic nitrogens is 2. The van der Waals surface area contributed by atoms with Crippen molar-refractivity contribution in [2.75, 3.05) is 18.4 Å². The zero-order valence-electron chi connectivity index (χ0n) is 17.2. The van der Waals surface area contributed by atoms with E-state index in [0.717, 1.165) is 29.3 Å². The molecule has 0 radical (unpaired) electrons. The first kappa shape index (κ1) is 21.6. The van der Waals surface area contributed by atoms with Crippen molar-refractivity contribution in [3.63, 3.8) is 0 Å². The van der Waals surface area contributed by atoms with Gasteiger partial charge in [0, 0.05) is 38.0 Å². The third-order valence-corrected chi connectivity index (χ3v) is 8.19. The van der Waals surface area contributed by atoms with Gasteiger partial charge in [-0.2, -0.15) is 4.31 Å². The highest BCUT2D eigenvalue weighted by molar-refractivity contribution is 7.89. The Balaban J connectivity index is 1.46. The average Bonchev–Trinajstić information content (AvgIpc) is 3.23. The van der Waals surface area contributed by atoms with Gasteiger partial charge in [0.15, 0.2) is 0 Å². The molecule has 2 heterocycles. The van der Waals surface area contributed by atoms with Crippen LogP contribution in [0.2, 0.25) is 0 Å². The summed E-state index contributed by atoms with van der Waals surface area (Å²) < 4.78 is 27.8. The summed E-state index contributed by atoms with van der Waals surface area (Å²) in [5.74, 6) is -0.151. The van der Waals surface area contributed by atoms with Crippen LogP contribution in [-0.2, 0) is 21.2 Å². The van der Waals surface area contributed by atoms with Crippen LogP contribution in [0.15, 0.2) is 59.5 Å². The largest absolute Gasteiger partial charge is 0.326 e. The Hall–Kier alpha value is -2.62. The second kappa shape index (κ2) is 9.25. The van der Waals surface area contributed by atoms with Crippen molar-refractivity contribution in [3.05, 3.63) is 70.2 Å². The summed E-state index contributed by atoms with van der Waals surface area (Å²) >= 11 is 1.57. The maximum Gasteiger partial charge on any atom is 0.243 e. The summed E-state index contributed by atoms with van der Waals surface area (Å²) in [5, 5.41) is 13.2. The highest BCUT2D eigenvalue weighted by Crippen LogP contribution is 2.32. The molecule has 0 saturated carbocycles. The molecule has 1 aliphatic heterocycles. The lowest BCUT2D eigenvalue weighted by molar-refractivity contribution is -0.114. The number of anilines is 1. The highest BCUT2D eigenvalue weighted by atomic mass is 32.2. The summed E-state index contributed by atoms with van der Waals surface area (Å²) in [5.41, 5.74) is 1.75. The maximum atomic E-state index is 13.1. The van der Waals surface area contributed by atoms with Gasteiger partial charge in [0.1, 0.15) is 10.0 Å². The quantitative estimate of drug-likeness (QED) is 0.611. The Kier molecular flexibility index (Phi) is 6.45. The number of piperidine rings is 1. The summed E-state index contributed by atoms with van der Waals surface area (Å²) in [6.07, 6.45) is 2.41. The van der Waals surface area contributed by atoms with Crippen LogP contribution < -0.4 is 5.32 Å². The number of rotatable bonds is 6. The summed E-state index contributed by atoms with van der Waals surface area (Å²) in [6, 6.07) is 16.4. The van der Waals surface area contributed by atoms with E-state index in [4.69, 9.17) is 0 Å². The van der Waals surface area contributed by atoms with E-state index < -0.39 is 10.0 Å². The summed E-state index contributed by atoms with van der Waals surface area (Å²) in [6.45, 7) is 2.30. The molecular weight excluding hydrogens is 432 g/mol. The molecule has 0 aliphatic carbocycles. The molecule has 9 heteroatoms. The van der Waals surface area contributed by atoms with Gasteiger partial charge in [0.05, 0.1) is 4.90 Å². The Labute approximate surface area is 186 Å². The first-order valence-corrected chi connectivity index (χ1v) is 12.4. The Morgan fingerprint density at radius 2 is 1.87 bits per heavy atom. The zero-order valence-corrected chi connectivity index (χ0v) is 18.8. The van der Waals surface area contributed by atoms with Gasteiger partial charge in [-0.05, 0) is 42.7 Å². The van der Waals surface area contributed by atoms with E-state index in [1.165, 1.54) is 28.9 Å². The molecule has 0 spiro atoms. The summed E-state index contributed by atoms with van der Waals surface area (Å²) in [4.78, 5) is 11.4. The van der Waals surface area contributed by atoms with Crippen LogP contribution in [-0.4, -0.2) is 41.9 Å². The van der Waals surface area contributed by atoms with Crippen molar-refractivity contribution < 1.29 is 13.2 Å². The van der Waals surface area contributed by atoms with E-state index in [2.05, 4.69) is 27.6 Å². The molecule has 1 atom stereocenters. The van der Waals surface area contributed by atoms with Crippen LogP contribution in [0.4, 0.5) is 5.69 Å². The zero-order chi connectivity index (χ0) is 21.8. The van der Waals surface area contributed by atoms with Gasteiger partial charge < -0.3 is 5.32 Å². The number of nitrogens with zero attached hydrogens (tertiary/aromatic N) is 3. The van der Waals surface area contributed by atoms with Crippen LogP contribution in [0.25, 0.3) is 0 Å². The number of carbonyl (C=O) groups excluding carboxylic acids is 1. The number of benzene rings is 2. The van der Waals surface area contributed by atoms with E-state index in [1.54, 1.807) is 23.5 Å². The molecule has 1 amide bonds. The van der Waals surface area contributed by atoms with Crippen molar-refractivity contribution >= 4 is 33.0 Å². The van der Waals surface area contributed by atoms with Crippen molar-refractivity contribution in [1.29, 1.82) is 0 Å². The molecule has 1 saturated heterocycles. The Morgan fingerprint density at radius 3 is 2.58 bits per heavy atom. The van der Waals surface area contributed by atoms with E-state index in [1.807, 2.05) is 18.2 Å². The first-order valence-electron chi connectivity index (χ1n) is 10.2. The standard InChI is InChI=1S/C22H24N4O3S2/c1-16(27)23-19-9-11-20(12-10-19)31(28,29)26-13-5-8-18(15-26)22-25-24-21(30-22)14-17-6-3-2-4-7-17/h2-4,6-7,9-12,18H,5,8,13-15H2,1H3,(H,23,27). The molecule has 162 valence electrons. The molecule has 1 N–H and O–H groups in total. The van der Waals surface area contributed by atoms with Crippen LogP contribution in [0, 0.1) is 0 Å². The van der Waals surface area contributed by atoms with Crippen molar-refractivity contribution in [2.45, 2.75) is 37.0 Å². The Morgan fingerprint density at radius 1 is 1.13 bits per heavy atom. The number of amides is 1. The number of hydrogen-bond acceptors (Lipinski definition) is 6. The fourth-order valence-corrected chi connectivity index (χ4v) is 6.22. The molecule has 31 heavy (non-hydrogen) atoms. The number of carbonyl (C=O) groups is 1. The van der Waals surface area contributed by atoms with Crippen molar-refractivity contribution in [2.24, 2.45) is 0 Å². The van der Waals surface area contributed by atoms with Crippen LogP contribution >= 0.6 is 11.3 Å². The second-order valence-corrected chi connectivity index (χ2v) is 10.6. The van der Waals surface area contributed by atoms with Gasteiger partial charge in [-0.15, -0.1) is 21.5 Å². The minimum atomic E-state index is -3.61. The lowest BCUT2D eigenvalue weighted by Crippen LogP contribution is -2.39. The predicted molar refractivity (Wildman–Crippen MR) is 121 cm³/mol. The molecular formula is C22H24N4O3S2. The van der Waals surface area contributed by atoms with E-state index in [9.17, 15) is 13.2 Å². The normalized spacial score (nSPS) is 17.4. The molecule has 1 aliphatic rings. The van der Waals surface area contributed by atoms with E-state index in [0.29, 0.717) is 18.8 Å². The highest BCUT2D eigenvalue weighted by Gasteiger charge is 2.32. The fraction of sp³-hybridized carbons (Fsp3) is 0.318. The smallest absolute Gasteiger partial charge is 0.243 e. The number of nitrogens with one attached hydrogen (secondary N) is 1. The topological polar surface area (TPSA) is 92.3 Å². The molecule has 7 nitrogen and oxygen atoms in total. The molecule has 4 rings (SSSR count). The van der Waals surface area contributed by atoms with Crippen molar-refractivity contribution in [1.82, 2.24) is 14.5 Å². The average molecular weight is 457 g/mol. The second-order valence-electron chi connectivity index (χ2n) is 7.60. The molecule has 1 fully saturated rings. The van der Waals surface area contributed by atoms with Gasteiger partial charge in [-0.3, -0.25) is 4.79 Å². The minimum absolute atomic E-state index is 0.0456. The van der Waals surface area contributed by atoms with Crippen LogP contribution in [0.1, 0.15) is 41.3 Å². The van der Waals surface area contributed by atoms with Gasteiger partial charge in [-0.1, -0.05) is 30.3 Å². The lowest BCUT2D eigenvalue weighted by atomic mass is 10.0. The molecule has 0 bridgehead atoms. The maximum absolute atomic E-state index is 13.1. The minimum Gasteiger partial charge on any atom is -0.326 e. The summed E-state index contributed by atoms with van der Waals surface area (Å²) in [7, 11) is -3.61. The monoisotopic (exact) mass is 456 g/mol. The molecule has 2 aromatic carbocycles. The predicted octanol–water partition coefficient (Wildman–Crippen LogP) is 3.66. The fourth-order valence-electron chi connectivity index (χ4n) is 3.70. The Bertz CT molecular complexity index is 1150. The molecule has 1 aromatic heterocycles. The van der Waals surface area contributed by atoms with Gasteiger partial charge in [-0.25, -0.2) is 8.42 Å². The molecule has 3 aromatic rings. The SMILES string of the molecule is CC(=O)Nc1ccc(S(=O)(=O)N2CCCC(c3nnc(Cc4ccccc4)s3)C2)cc1. The van der Waals surface area contributed by atoms with Gasteiger partial charge in [0.25, 0.3) is 0 Å². The number of hydrogen-bond donors (Lipinski definition) is 1. The lowest BCUT2D eigenvalue weighted by Gasteiger charge is -2.30. The van der Waals surface area contributed by atoms with Crippen molar-refractivity contribution in [3.8, 4) is 0 Å². The van der Waals surface area contributed by atoms with Crippen LogP contribution in [0.3, 0.4) is 0 Å². The van der Waals surface area contributed by atoms with Crippen LogP contribution in [0.5, 0.6) is 0 Å². The van der Waals surface area contributed by atoms with E-state index in [-0.39, 0.29) is 16.7 Å².